The van der Waals surface area contributed by atoms with Crippen LogP contribution in [0.3, 0.4) is 0 Å². The fourth-order valence-electron chi connectivity index (χ4n) is 1.36. The molecule has 0 atom stereocenters. The number of carbonyl (C=O) groups excluding carboxylic acids is 1. The van der Waals surface area contributed by atoms with Crippen LogP contribution in [0.4, 0.5) is 5.69 Å². The van der Waals surface area contributed by atoms with E-state index >= 15 is 0 Å². The zero-order chi connectivity index (χ0) is 14.5. The van der Waals surface area contributed by atoms with E-state index in [0.717, 1.165) is 0 Å². The summed E-state index contributed by atoms with van der Waals surface area (Å²) in [6.07, 6.45) is 1.41. The number of hydrogen-bond acceptors (Lipinski definition) is 5. The van der Waals surface area contributed by atoms with Crippen molar-refractivity contribution in [1.29, 1.82) is 0 Å². The molecule has 0 radical (unpaired) electrons. The van der Waals surface area contributed by atoms with Gasteiger partial charge in [-0.05, 0) is 26.8 Å². The number of nitrogens with two attached hydrogens (primary N) is 1. The van der Waals surface area contributed by atoms with Crippen molar-refractivity contribution in [1.82, 2.24) is 4.57 Å². The van der Waals surface area contributed by atoms with Crippen molar-refractivity contribution in [3.8, 4) is 0 Å². The van der Waals surface area contributed by atoms with E-state index in [4.69, 9.17) is 15.2 Å². The first kappa shape index (κ1) is 15.2. The zero-order valence-corrected chi connectivity index (χ0v) is 11.5. The van der Waals surface area contributed by atoms with Crippen LogP contribution in [0.1, 0.15) is 20.8 Å². The number of nitrogens with zero attached hydrogens (tertiary/aromatic N) is 1. The number of esters is 1. The highest BCUT2D eigenvalue weighted by atomic mass is 16.6. The van der Waals surface area contributed by atoms with Gasteiger partial charge in [0.15, 0.2) is 0 Å². The molecule has 0 saturated carbocycles. The third kappa shape index (κ3) is 6.05. The van der Waals surface area contributed by atoms with Gasteiger partial charge >= 0.3 is 5.97 Å². The van der Waals surface area contributed by atoms with Crippen LogP contribution in [0.15, 0.2) is 23.1 Å². The summed E-state index contributed by atoms with van der Waals surface area (Å²) >= 11 is 0. The minimum atomic E-state index is -0.495. The summed E-state index contributed by atoms with van der Waals surface area (Å²) in [7, 11) is 0. The fraction of sp³-hybridized carbons (Fsp3) is 0.538. The van der Waals surface area contributed by atoms with E-state index in [1.807, 2.05) is 20.8 Å². The number of aromatic nitrogens is 1. The van der Waals surface area contributed by atoms with Crippen LogP contribution >= 0.6 is 0 Å². The Hall–Kier alpha value is -1.82. The molecular weight excluding hydrogens is 248 g/mol. The molecule has 106 valence electrons. The van der Waals surface area contributed by atoms with E-state index in [1.54, 1.807) is 0 Å². The summed E-state index contributed by atoms with van der Waals surface area (Å²) in [5.74, 6) is -0.495. The third-order valence-corrected chi connectivity index (χ3v) is 2.19. The molecule has 0 aliphatic heterocycles. The molecule has 1 aromatic heterocycles. The van der Waals surface area contributed by atoms with Crippen LogP contribution in [-0.2, 0) is 20.8 Å². The maximum atomic E-state index is 11.5. The molecule has 0 amide bonds. The lowest BCUT2D eigenvalue weighted by Gasteiger charge is -2.19. The Kier molecular flexibility index (Phi) is 5.11. The van der Waals surface area contributed by atoms with E-state index in [9.17, 15) is 9.59 Å². The molecule has 19 heavy (non-hydrogen) atoms. The molecule has 0 aromatic carbocycles. The lowest BCUT2D eigenvalue weighted by Crippen LogP contribution is -2.26. The predicted molar refractivity (Wildman–Crippen MR) is 71.8 cm³/mol. The molecule has 1 heterocycles. The van der Waals surface area contributed by atoms with Gasteiger partial charge in [-0.25, -0.2) is 0 Å². The van der Waals surface area contributed by atoms with Crippen LogP contribution in [0.2, 0.25) is 0 Å². The standard InChI is InChI=1S/C13H20N2O4/c1-13(2,3)19-7-6-18-12(17)9-15-8-10(14)4-5-11(15)16/h4-5,8H,6-7,9,14H2,1-3H3. The van der Waals surface area contributed by atoms with Gasteiger partial charge in [0.2, 0.25) is 0 Å². The normalized spacial score (nSPS) is 11.3. The minimum absolute atomic E-state index is 0.153. The maximum Gasteiger partial charge on any atom is 0.326 e. The number of rotatable bonds is 5. The first-order chi connectivity index (χ1) is 8.78. The summed E-state index contributed by atoms with van der Waals surface area (Å²) in [5.41, 5.74) is 5.40. The summed E-state index contributed by atoms with van der Waals surface area (Å²) < 4.78 is 11.6. The van der Waals surface area contributed by atoms with Crippen LogP contribution in [0, 0.1) is 0 Å². The minimum Gasteiger partial charge on any atom is -0.462 e. The van der Waals surface area contributed by atoms with E-state index in [1.165, 1.54) is 22.9 Å². The van der Waals surface area contributed by atoms with Crippen LogP contribution in [-0.4, -0.2) is 29.4 Å². The van der Waals surface area contributed by atoms with Gasteiger partial charge in [0.25, 0.3) is 5.56 Å². The Bertz CT molecular complexity index is 488. The predicted octanol–water partition coefficient (Wildman–Crippen LogP) is 0.789. The average molecular weight is 268 g/mol. The second kappa shape index (κ2) is 6.38. The topological polar surface area (TPSA) is 83.6 Å². The fourth-order valence-corrected chi connectivity index (χ4v) is 1.36. The largest absolute Gasteiger partial charge is 0.462 e. The van der Waals surface area contributed by atoms with Crippen LogP contribution in [0.25, 0.3) is 0 Å². The summed E-state index contributed by atoms with van der Waals surface area (Å²) in [6.45, 7) is 6.08. The van der Waals surface area contributed by atoms with Gasteiger partial charge in [0.1, 0.15) is 13.2 Å². The molecule has 1 rings (SSSR count). The SMILES string of the molecule is CC(C)(C)OCCOC(=O)Cn1cc(N)ccc1=O. The number of hydrogen-bond donors (Lipinski definition) is 1. The molecule has 1 aromatic rings. The highest BCUT2D eigenvalue weighted by Gasteiger charge is 2.10. The van der Waals surface area contributed by atoms with Gasteiger partial charge < -0.3 is 19.8 Å². The molecule has 0 unspecified atom stereocenters. The highest BCUT2D eigenvalue weighted by molar-refractivity contribution is 5.69. The van der Waals surface area contributed by atoms with Crippen molar-refractivity contribution in [3.63, 3.8) is 0 Å². The number of nitrogen functional groups attached to an aromatic ring is 1. The van der Waals surface area contributed by atoms with Crippen molar-refractivity contribution in [3.05, 3.63) is 28.7 Å². The number of anilines is 1. The van der Waals surface area contributed by atoms with Crippen LogP contribution < -0.4 is 11.3 Å². The quantitative estimate of drug-likeness (QED) is 0.630. The molecule has 6 nitrogen and oxygen atoms in total. The molecule has 0 aliphatic rings. The van der Waals surface area contributed by atoms with Gasteiger partial charge in [-0.1, -0.05) is 0 Å². The maximum absolute atomic E-state index is 11.5. The molecule has 0 aliphatic carbocycles. The molecule has 0 saturated heterocycles. The first-order valence-electron chi connectivity index (χ1n) is 6.03. The second-order valence-corrected chi connectivity index (χ2v) is 5.11. The zero-order valence-electron chi connectivity index (χ0n) is 11.5. The first-order valence-corrected chi connectivity index (χ1v) is 6.03. The molecule has 6 heteroatoms. The van der Waals surface area contributed by atoms with Gasteiger partial charge in [0, 0.05) is 18.0 Å². The Morgan fingerprint density at radius 1 is 1.32 bits per heavy atom. The van der Waals surface area contributed by atoms with Crippen molar-refractivity contribution in [2.45, 2.75) is 32.9 Å². The number of ether oxygens (including phenoxy) is 2. The van der Waals surface area contributed by atoms with E-state index in [0.29, 0.717) is 12.3 Å². The Balaban J connectivity index is 2.39. The van der Waals surface area contributed by atoms with Crippen molar-refractivity contribution in [2.24, 2.45) is 0 Å². The van der Waals surface area contributed by atoms with Gasteiger partial charge in [-0.15, -0.1) is 0 Å². The lowest BCUT2D eigenvalue weighted by atomic mass is 10.2. The van der Waals surface area contributed by atoms with E-state index in [2.05, 4.69) is 0 Å². The van der Waals surface area contributed by atoms with Gasteiger partial charge in [-0.3, -0.25) is 9.59 Å². The average Bonchev–Trinajstić information content (AvgIpc) is 2.28. The second-order valence-electron chi connectivity index (χ2n) is 5.11. The highest BCUT2D eigenvalue weighted by Crippen LogP contribution is 2.05. The van der Waals surface area contributed by atoms with Crippen molar-refractivity contribution < 1.29 is 14.3 Å². The van der Waals surface area contributed by atoms with Crippen molar-refractivity contribution in [2.75, 3.05) is 18.9 Å². The van der Waals surface area contributed by atoms with Crippen molar-refractivity contribution >= 4 is 11.7 Å². The smallest absolute Gasteiger partial charge is 0.326 e. The Morgan fingerprint density at radius 3 is 2.63 bits per heavy atom. The summed E-state index contributed by atoms with van der Waals surface area (Å²) in [6, 6.07) is 2.80. The van der Waals surface area contributed by atoms with E-state index in [-0.39, 0.29) is 24.3 Å². The molecule has 0 fully saturated rings. The number of pyridine rings is 1. The van der Waals surface area contributed by atoms with Gasteiger partial charge in [-0.2, -0.15) is 0 Å². The third-order valence-electron chi connectivity index (χ3n) is 2.19. The molecule has 0 spiro atoms. The monoisotopic (exact) mass is 268 g/mol. The number of carbonyl (C=O) groups is 1. The van der Waals surface area contributed by atoms with Crippen LogP contribution in [0.5, 0.6) is 0 Å². The lowest BCUT2D eigenvalue weighted by molar-refractivity contribution is -0.147. The van der Waals surface area contributed by atoms with E-state index < -0.39 is 5.97 Å². The summed E-state index contributed by atoms with van der Waals surface area (Å²) in [5, 5.41) is 0. The summed E-state index contributed by atoms with van der Waals surface area (Å²) in [4.78, 5) is 23.0. The molecule has 2 N–H and O–H groups in total. The molecule has 0 bridgehead atoms. The van der Waals surface area contributed by atoms with Gasteiger partial charge in [0.05, 0.1) is 12.2 Å². The Labute approximate surface area is 112 Å². The Morgan fingerprint density at radius 2 is 2.00 bits per heavy atom. The molecular formula is C13H20N2O4.